The van der Waals surface area contributed by atoms with E-state index >= 15 is 0 Å². The zero-order valence-corrected chi connectivity index (χ0v) is 43.2. The van der Waals surface area contributed by atoms with E-state index in [4.69, 9.17) is 51.8 Å². The van der Waals surface area contributed by atoms with E-state index in [9.17, 15) is 25.2 Å². The van der Waals surface area contributed by atoms with Crippen LogP contribution in [0.15, 0.2) is 146 Å². The molecule has 0 spiro atoms. The minimum Gasteiger partial charge on any atom is -0.577 e. The molecule has 1 radical (unpaired) electrons. The van der Waals surface area contributed by atoms with Crippen molar-refractivity contribution < 1.29 is 82.2 Å². The van der Waals surface area contributed by atoms with Gasteiger partial charge >= 0.3 is 98.3 Å². The summed E-state index contributed by atoms with van der Waals surface area (Å²) in [6.45, 7) is 35.7. The van der Waals surface area contributed by atoms with Crippen LogP contribution in [0.5, 0.6) is 0 Å². The molecule has 0 saturated carbocycles. The van der Waals surface area contributed by atoms with Gasteiger partial charge in [-0.1, -0.05) is 128 Å². The molecule has 0 unspecified atom stereocenters. The average molecular weight is 1080 g/mol. The van der Waals surface area contributed by atoms with E-state index in [-0.39, 0.29) is 39.7 Å². The summed E-state index contributed by atoms with van der Waals surface area (Å²) in [6.07, 6.45) is 0. The van der Waals surface area contributed by atoms with E-state index in [1.807, 2.05) is 53.7 Å². The van der Waals surface area contributed by atoms with Crippen LogP contribution in [-0.2, 0) is 57.0 Å². The quantitative estimate of drug-likeness (QED) is 0.0403. The summed E-state index contributed by atoms with van der Waals surface area (Å²) in [4.78, 5) is 10.5. The van der Waals surface area contributed by atoms with Gasteiger partial charge in [0.05, 0.1) is 19.8 Å². The molecule has 0 aliphatic rings. The SMILES string of the molecule is CCOP(OCC)OCC.Cc1cc[cH-]c1.F[P-](F)(F)(F)(F)F.[C-]#N.[C-]#[N+]C(C)(C)C.[C-]#[O+].[C-]#[O+].[Mn+2].[Mn+3].[N-]=O.c1ccc(P(CP(c2ccccc2)c2ccccc2)c2ccccc2)cc1. The summed E-state index contributed by atoms with van der Waals surface area (Å²) < 4.78 is 89.6. The Morgan fingerprint density at radius 3 is 0.985 bits per heavy atom. The molecule has 0 aliphatic heterocycles. The Morgan fingerprint density at radius 2 is 0.848 bits per heavy atom. The molecule has 0 N–H and O–H groups in total. The van der Waals surface area contributed by atoms with Gasteiger partial charge in [0.2, 0.25) is 5.54 Å². The first-order chi connectivity index (χ1) is 30.2. The second-order valence-electron chi connectivity index (χ2n) is 12.5. The summed E-state index contributed by atoms with van der Waals surface area (Å²) in [5.74, 6) is 1.17. The fourth-order valence-electron chi connectivity index (χ4n) is 4.10. The smallest absolute Gasteiger partial charge is 0.577 e. The molecule has 0 saturated heterocycles. The summed E-state index contributed by atoms with van der Waals surface area (Å²) in [5.41, 5.74) is 6.93. The van der Waals surface area contributed by atoms with Crippen molar-refractivity contribution in [2.24, 2.45) is 0 Å². The maximum absolute atomic E-state index is 10.7. The van der Waals surface area contributed by atoms with Crippen molar-refractivity contribution in [2.75, 3.05) is 25.7 Å². The average Bonchev–Trinajstić information content (AvgIpc) is 3.78. The van der Waals surface area contributed by atoms with Crippen LogP contribution in [0.4, 0.5) is 25.2 Å². The number of aryl methyl sites for hydroxylation is 1. The molecule has 0 bridgehead atoms. The van der Waals surface area contributed by atoms with E-state index in [1.165, 1.54) is 32.7 Å². The Balaban J connectivity index is -0.000000192. The Labute approximate surface area is 411 Å². The number of hydrogen-bond donors (Lipinski definition) is 0. The van der Waals surface area contributed by atoms with Crippen LogP contribution in [0.2, 0.25) is 0 Å². The number of nitrogens with zero attached hydrogens (tertiary/aromatic N) is 3. The van der Waals surface area contributed by atoms with Crippen LogP contribution in [0, 0.1) is 43.5 Å². The van der Waals surface area contributed by atoms with Crippen LogP contribution < -0.4 is 21.2 Å². The molecule has 0 aromatic heterocycles. The van der Waals surface area contributed by atoms with Gasteiger partial charge in [0.25, 0.3) is 0 Å². The first-order valence-corrected chi connectivity index (χ1v) is 24.7. The van der Waals surface area contributed by atoms with Crippen LogP contribution in [0.25, 0.3) is 10.4 Å². The van der Waals surface area contributed by atoms with Crippen molar-refractivity contribution >= 4 is 53.5 Å². The topological polar surface area (TPSA) is 135 Å². The Bertz CT molecular complexity index is 1750. The predicted molar refractivity (Wildman–Crippen MR) is 251 cm³/mol. The number of rotatable bonds is 12. The van der Waals surface area contributed by atoms with Gasteiger partial charge in [-0.25, -0.2) is 18.2 Å². The van der Waals surface area contributed by atoms with Gasteiger partial charge in [0, 0.05) is 26.7 Å². The van der Waals surface area contributed by atoms with Gasteiger partial charge in [0.15, 0.2) is 0 Å². The molecule has 9 nitrogen and oxygen atoms in total. The van der Waals surface area contributed by atoms with Crippen molar-refractivity contribution in [3.8, 4) is 0 Å². The summed E-state index contributed by atoms with van der Waals surface area (Å²) in [7, 11) is -12.5. The number of halogens is 6. The van der Waals surface area contributed by atoms with Crippen molar-refractivity contribution in [2.45, 2.75) is 54.0 Å². The standard InChI is InChI=1S/C25H22P2.C6H15O3P.C6H7.C5H9N.CN.2CO.F6P.2Mn.NO/c1-5-13-22(14-6-1)26(23-15-7-2-8-16-23)21-27(24-17-9-3-10-18-24)25-19-11-4-12-20-25;1-4-7-10(8-5-2)9-6-3;1-6-4-2-3-5-6;1-5(2,3)6-4;3*1-2;1-7(2,3,4,5)6;;;1-2/h1-20H,21H2;4-6H2,1-3H3;2-5H,1H3;1-3H3;;;;;;;/q;;-1;;-1;;;-1;+2;+3;-1. The molecule has 5 rings (SSSR count). The van der Waals surface area contributed by atoms with Crippen LogP contribution in [0.3, 0.4) is 0 Å². The molecule has 0 atom stereocenters. The number of hydrogen-bond acceptors (Lipinski definition) is 5. The van der Waals surface area contributed by atoms with E-state index in [0.29, 0.717) is 19.8 Å². The minimum atomic E-state index is -10.7. The molecule has 21 heteroatoms. The van der Waals surface area contributed by atoms with Crippen molar-refractivity contribution in [3.05, 3.63) is 193 Å². The van der Waals surface area contributed by atoms with Gasteiger partial charge in [-0.3, -0.25) is 0 Å². The van der Waals surface area contributed by atoms with E-state index in [2.05, 4.69) is 159 Å². The Kier molecular flexibility index (Phi) is 46.8. The first kappa shape index (κ1) is 74.1. The second-order valence-corrected chi connectivity index (χ2v) is 20.6. The largest absolute Gasteiger partial charge is 3.00 e. The zero-order valence-electron chi connectivity index (χ0n) is 37.3. The fraction of sp³-hybridized carbons (Fsp3) is 0.267. The molecule has 5 aromatic carbocycles. The second kappa shape index (κ2) is 41.7. The third kappa shape index (κ3) is 47.0. The van der Waals surface area contributed by atoms with Crippen molar-refractivity contribution in [3.63, 3.8) is 0 Å². The van der Waals surface area contributed by atoms with Crippen molar-refractivity contribution in [1.29, 1.82) is 5.26 Å². The van der Waals surface area contributed by atoms with E-state index in [0.717, 1.165) is 0 Å². The fourth-order valence-corrected chi connectivity index (χ4v) is 11.4. The molecule has 0 heterocycles. The molecule has 0 fully saturated rings. The predicted octanol–water partition coefficient (Wildman–Crippen LogP) is 14.7. The third-order valence-electron chi connectivity index (χ3n) is 6.42. The van der Waals surface area contributed by atoms with Gasteiger partial charge < -0.3 is 40.8 Å². The molecule has 359 valence electrons. The van der Waals surface area contributed by atoms with Gasteiger partial charge in [0.1, 0.15) is 0 Å². The summed E-state index contributed by atoms with van der Waals surface area (Å²) >= 11 is 0. The van der Waals surface area contributed by atoms with E-state index in [1.54, 1.807) is 0 Å². The monoisotopic (exact) mass is 1080 g/mol. The van der Waals surface area contributed by atoms with E-state index < -0.39 is 32.3 Å². The first-order valence-electron chi connectivity index (χ1n) is 18.6. The molecule has 66 heavy (non-hydrogen) atoms. The van der Waals surface area contributed by atoms with Gasteiger partial charge in [-0.15, -0.1) is 0 Å². The normalized spacial score (nSPS) is 10.5. The maximum Gasteiger partial charge on any atom is 3.00 e. The van der Waals surface area contributed by atoms with Crippen molar-refractivity contribution in [1.82, 2.24) is 0 Å². The minimum absolute atomic E-state index is 0. The molecule has 0 amide bonds. The molecule has 0 aliphatic carbocycles. The Hall–Kier alpha value is -3.49. The van der Waals surface area contributed by atoms with Gasteiger partial charge in [-0.05, 0) is 57.8 Å². The molecule has 5 aromatic rings. The number of benzene rings is 4. The maximum atomic E-state index is 9.87. The Morgan fingerprint density at radius 1 is 0.621 bits per heavy atom. The third-order valence-corrected chi connectivity index (χ3v) is 13.8. The molecular formula is C45H53F6Mn2N3O6P4+. The number of nitroso groups, excluding NO2 is 1. The summed E-state index contributed by atoms with van der Waals surface area (Å²) in [6, 6.07) is 52.4. The summed E-state index contributed by atoms with van der Waals surface area (Å²) in [5, 5.41) is 12.1. The zero-order chi connectivity index (χ0) is 50.2. The van der Waals surface area contributed by atoms with Crippen LogP contribution >= 0.6 is 32.3 Å². The van der Waals surface area contributed by atoms with Crippen LogP contribution in [0.1, 0.15) is 47.1 Å². The van der Waals surface area contributed by atoms with Crippen LogP contribution in [-0.4, -0.2) is 31.3 Å². The molecular weight excluding hydrogens is 1030 g/mol. The van der Waals surface area contributed by atoms with Gasteiger partial charge in [-0.2, -0.15) is 18.2 Å².